The van der Waals surface area contributed by atoms with E-state index in [0.717, 1.165) is 17.9 Å². The number of ether oxygens (including phenoxy) is 1. The van der Waals surface area contributed by atoms with E-state index in [2.05, 4.69) is 5.32 Å². The maximum Gasteiger partial charge on any atom is 0.231 e. The van der Waals surface area contributed by atoms with Gasteiger partial charge in [-0.15, -0.1) is 0 Å². The van der Waals surface area contributed by atoms with Gasteiger partial charge in [0.1, 0.15) is 18.3 Å². The van der Waals surface area contributed by atoms with Crippen LogP contribution in [0.4, 0.5) is 0 Å². The van der Waals surface area contributed by atoms with Gasteiger partial charge in [-0.3, -0.25) is 4.79 Å². The number of nitrogens with zero attached hydrogens (tertiary/aromatic N) is 1. The minimum atomic E-state index is -0.180. The van der Waals surface area contributed by atoms with Gasteiger partial charge in [0.05, 0.1) is 0 Å². The Kier molecular flexibility index (Phi) is 3.23. The van der Waals surface area contributed by atoms with Gasteiger partial charge in [0, 0.05) is 31.0 Å². The number of hydrogen-bond donors (Lipinski definition) is 1. The van der Waals surface area contributed by atoms with Crippen molar-refractivity contribution in [2.24, 2.45) is 0 Å². The molecule has 3 rings (SSSR count). The zero-order valence-electron chi connectivity index (χ0n) is 10.6. The number of carbonyl (C=O) groups excluding carboxylic acids is 1. The Bertz CT molecular complexity index is 563. The Hall–Kier alpha value is -2.23. The fourth-order valence-electron chi connectivity index (χ4n) is 2.33. The average molecular weight is 256 g/mol. The summed E-state index contributed by atoms with van der Waals surface area (Å²) in [6, 6.07) is 11.7. The summed E-state index contributed by atoms with van der Waals surface area (Å²) in [4.78, 5) is 12.1. The molecule has 1 N–H and O–H groups in total. The summed E-state index contributed by atoms with van der Waals surface area (Å²) in [6.07, 6.45) is 3.97. The van der Waals surface area contributed by atoms with E-state index < -0.39 is 0 Å². The lowest BCUT2D eigenvalue weighted by Crippen LogP contribution is -2.32. The third-order valence-electron chi connectivity index (χ3n) is 3.35. The molecule has 0 saturated carbocycles. The van der Waals surface area contributed by atoms with Gasteiger partial charge in [-0.25, -0.2) is 0 Å². The Morgan fingerprint density at radius 3 is 2.89 bits per heavy atom. The number of aromatic nitrogens is 1. The van der Waals surface area contributed by atoms with Crippen LogP contribution in [0.2, 0.25) is 0 Å². The van der Waals surface area contributed by atoms with Crippen molar-refractivity contribution in [1.29, 1.82) is 0 Å². The summed E-state index contributed by atoms with van der Waals surface area (Å²) >= 11 is 0. The van der Waals surface area contributed by atoms with Gasteiger partial charge in [0.15, 0.2) is 0 Å². The standard InChI is InChI=1S/C15H16N2O2/c18-15(16-7-10-17-8-3-4-9-17)13-11-19-14-6-2-1-5-12(13)14/h1-6,8-9,13H,7,10-11H2,(H,16,18)/t13-/m0/s1. The van der Waals surface area contributed by atoms with Gasteiger partial charge in [-0.1, -0.05) is 18.2 Å². The van der Waals surface area contributed by atoms with E-state index in [9.17, 15) is 4.79 Å². The molecule has 19 heavy (non-hydrogen) atoms. The molecule has 1 aliphatic heterocycles. The summed E-state index contributed by atoms with van der Waals surface area (Å²) in [5.74, 6) is 0.686. The summed E-state index contributed by atoms with van der Waals surface area (Å²) in [6.45, 7) is 1.86. The predicted octanol–water partition coefficient (Wildman–Crippen LogP) is 1.78. The van der Waals surface area contributed by atoms with Gasteiger partial charge < -0.3 is 14.6 Å². The van der Waals surface area contributed by atoms with E-state index in [1.165, 1.54) is 0 Å². The fraction of sp³-hybridized carbons (Fsp3) is 0.267. The molecule has 0 saturated heterocycles. The molecule has 4 nitrogen and oxygen atoms in total. The number of rotatable bonds is 4. The van der Waals surface area contributed by atoms with Crippen molar-refractivity contribution in [3.8, 4) is 5.75 Å². The first-order valence-corrected chi connectivity index (χ1v) is 6.45. The number of hydrogen-bond acceptors (Lipinski definition) is 2. The molecule has 2 heterocycles. The molecule has 1 atom stereocenters. The highest BCUT2D eigenvalue weighted by Gasteiger charge is 2.29. The molecule has 1 aliphatic rings. The molecule has 0 radical (unpaired) electrons. The van der Waals surface area contributed by atoms with E-state index in [-0.39, 0.29) is 11.8 Å². The van der Waals surface area contributed by atoms with E-state index in [4.69, 9.17) is 4.74 Å². The zero-order valence-corrected chi connectivity index (χ0v) is 10.6. The predicted molar refractivity (Wildman–Crippen MR) is 72.1 cm³/mol. The van der Waals surface area contributed by atoms with Crippen LogP contribution in [0.15, 0.2) is 48.8 Å². The summed E-state index contributed by atoms with van der Waals surface area (Å²) in [7, 11) is 0. The normalized spacial score (nSPS) is 16.7. The first-order chi connectivity index (χ1) is 9.34. The maximum absolute atomic E-state index is 12.1. The molecule has 0 fully saturated rings. The van der Waals surface area contributed by atoms with E-state index in [1.807, 2.05) is 53.4 Å². The topological polar surface area (TPSA) is 43.3 Å². The van der Waals surface area contributed by atoms with Crippen LogP contribution in [0.5, 0.6) is 5.75 Å². The van der Waals surface area contributed by atoms with Crippen molar-refractivity contribution in [3.63, 3.8) is 0 Å². The summed E-state index contributed by atoms with van der Waals surface area (Å²) in [5, 5.41) is 2.96. The molecular weight excluding hydrogens is 240 g/mol. The van der Waals surface area contributed by atoms with Crippen molar-refractivity contribution in [2.45, 2.75) is 12.5 Å². The highest BCUT2D eigenvalue weighted by Crippen LogP contribution is 2.33. The van der Waals surface area contributed by atoms with Gasteiger partial charge in [0.2, 0.25) is 5.91 Å². The van der Waals surface area contributed by atoms with Gasteiger partial charge in [-0.05, 0) is 18.2 Å². The van der Waals surface area contributed by atoms with E-state index in [0.29, 0.717) is 13.2 Å². The number of fused-ring (bicyclic) bond motifs is 1. The van der Waals surface area contributed by atoms with Crippen molar-refractivity contribution in [2.75, 3.05) is 13.2 Å². The van der Waals surface area contributed by atoms with Crippen LogP contribution in [-0.4, -0.2) is 23.6 Å². The highest BCUT2D eigenvalue weighted by atomic mass is 16.5. The first kappa shape index (κ1) is 11.8. The Morgan fingerprint density at radius 1 is 1.26 bits per heavy atom. The van der Waals surface area contributed by atoms with E-state index >= 15 is 0 Å². The van der Waals surface area contributed by atoms with Crippen molar-refractivity contribution in [1.82, 2.24) is 9.88 Å². The molecule has 1 aromatic heterocycles. The SMILES string of the molecule is O=C(NCCn1cccc1)[C@H]1COc2ccccc21. The lowest BCUT2D eigenvalue weighted by molar-refractivity contribution is -0.122. The molecule has 0 bridgehead atoms. The smallest absolute Gasteiger partial charge is 0.231 e. The molecule has 0 spiro atoms. The lowest BCUT2D eigenvalue weighted by atomic mass is 10.0. The van der Waals surface area contributed by atoms with Crippen molar-refractivity contribution in [3.05, 3.63) is 54.4 Å². The maximum atomic E-state index is 12.1. The number of benzene rings is 1. The number of nitrogens with one attached hydrogen (secondary N) is 1. The average Bonchev–Trinajstić information content (AvgIpc) is 3.07. The van der Waals surface area contributed by atoms with Crippen LogP contribution in [-0.2, 0) is 11.3 Å². The minimum Gasteiger partial charge on any atom is -0.492 e. The monoisotopic (exact) mass is 256 g/mol. The molecule has 1 aromatic carbocycles. The number of amides is 1. The first-order valence-electron chi connectivity index (χ1n) is 6.45. The third-order valence-corrected chi connectivity index (χ3v) is 3.35. The molecule has 98 valence electrons. The third kappa shape index (κ3) is 2.47. The van der Waals surface area contributed by atoms with E-state index in [1.54, 1.807) is 0 Å². The Morgan fingerprint density at radius 2 is 2.05 bits per heavy atom. The zero-order chi connectivity index (χ0) is 13.1. The lowest BCUT2D eigenvalue weighted by Gasteiger charge is -2.10. The molecule has 4 heteroatoms. The second-order valence-electron chi connectivity index (χ2n) is 4.61. The summed E-state index contributed by atoms with van der Waals surface area (Å²) < 4.78 is 7.56. The Labute approximate surface area is 112 Å². The largest absolute Gasteiger partial charge is 0.492 e. The second kappa shape index (κ2) is 5.18. The van der Waals surface area contributed by atoms with Crippen LogP contribution in [0, 0.1) is 0 Å². The van der Waals surface area contributed by atoms with Crippen molar-refractivity contribution >= 4 is 5.91 Å². The van der Waals surface area contributed by atoms with Gasteiger partial charge in [-0.2, -0.15) is 0 Å². The number of para-hydroxylation sites is 1. The van der Waals surface area contributed by atoms with Crippen LogP contribution in [0.1, 0.15) is 11.5 Å². The van der Waals surface area contributed by atoms with Crippen LogP contribution < -0.4 is 10.1 Å². The van der Waals surface area contributed by atoms with Gasteiger partial charge in [0.25, 0.3) is 0 Å². The molecule has 0 aliphatic carbocycles. The van der Waals surface area contributed by atoms with Gasteiger partial charge >= 0.3 is 0 Å². The highest BCUT2D eigenvalue weighted by molar-refractivity contribution is 5.85. The minimum absolute atomic E-state index is 0.0390. The number of carbonyl (C=O) groups is 1. The quantitative estimate of drug-likeness (QED) is 0.906. The van der Waals surface area contributed by atoms with Crippen molar-refractivity contribution < 1.29 is 9.53 Å². The Balaban J connectivity index is 1.57. The summed E-state index contributed by atoms with van der Waals surface area (Å²) in [5.41, 5.74) is 0.987. The second-order valence-corrected chi connectivity index (χ2v) is 4.61. The fourth-order valence-corrected chi connectivity index (χ4v) is 2.33. The molecular formula is C15H16N2O2. The van der Waals surface area contributed by atoms with Crippen LogP contribution in [0.3, 0.4) is 0 Å². The van der Waals surface area contributed by atoms with Crippen LogP contribution >= 0.6 is 0 Å². The molecule has 1 amide bonds. The molecule has 0 unspecified atom stereocenters. The molecule has 2 aromatic rings. The van der Waals surface area contributed by atoms with Crippen LogP contribution in [0.25, 0.3) is 0 Å².